The molecule has 0 aliphatic heterocycles. The van der Waals surface area contributed by atoms with Crippen LogP contribution >= 0.6 is 0 Å². The molecule has 4 rings (SSSR count). The third-order valence-corrected chi connectivity index (χ3v) is 6.39. The second-order valence-corrected chi connectivity index (χ2v) is 9.98. The Balaban J connectivity index is 1.65. The topological polar surface area (TPSA) is 87.8 Å². The number of aromatic nitrogens is 2. The fourth-order valence-electron chi connectivity index (χ4n) is 3.58. The number of nitrogens with one attached hydrogen (secondary N) is 2. The van der Waals surface area contributed by atoms with E-state index in [4.69, 9.17) is 4.78 Å². The Labute approximate surface area is 186 Å². The van der Waals surface area contributed by atoms with Gasteiger partial charge in [-0.3, -0.25) is 9.48 Å². The Morgan fingerprint density at radius 1 is 1.16 bits per heavy atom. The normalized spacial score (nSPS) is 13.1. The van der Waals surface area contributed by atoms with Crippen LogP contribution in [0.5, 0.6) is 0 Å². The third-order valence-electron chi connectivity index (χ3n) is 5.21. The summed E-state index contributed by atoms with van der Waals surface area (Å²) in [5.41, 5.74) is 3.78. The summed E-state index contributed by atoms with van der Waals surface area (Å²) in [7, 11) is -3.07. The molecule has 1 aromatic heterocycles. The van der Waals surface area contributed by atoms with Gasteiger partial charge in [0.05, 0.1) is 33.1 Å². The van der Waals surface area contributed by atoms with Gasteiger partial charge < -0.3 is 5.32 Å². The van der Waals surface area contributed by atoms with Crippen LogP contribution in [-0.4, -0.2) is 26.2 Å². The van der Waals surface area contributed by atoms with Crippen molar-refractivity contribution in [1.29, 1.82) is 4.78 Å². The van der Waals surface area contributed by atoms with E-state index in [1.807, 2.05) is 31.2 Å². The van der Waals surface area contributed by atoms with Crippen LogP contribution in [0.1, 0.15) is 16.7 Å². The fourth-order valence-corrected chi connectivity index (χ4v) is 4.51. The summed E-state index contributed by atoms with van der Waals surface area (Å²) in [6.07, 6.45) is 3.28. The van der Waals surface area contributed by atoms with E-state index in [0.29, 0.717) is 28.0 Å². The highest BCUT2D eigenvalue weighted by Crippen LogP contribution is 2.28. The van der Waals surface area contributed by atoms with Crippen molar-refractivity contribution in [3.05, 3.63) is 89.4 Å². The second kappa shape index (κ2) is 8.55. The fraction of sp³-hybridized carbons (Fsp3) is 0.167. The summed E-state index contributed by atoms with van der Waals surface area (Å²) in [5, 5.41) is 7.97. The molecule has 32 heavy (non-hydrogen) atoms. The number of anilines is 1. The molecule has 1 atom stereocenters. The lowest BCUT2D eigenvalue weighted by atomic mass is 10.1. The van der Waals surface area contributed by atoms with Gasteiger partial charge in [0.25, 0.3) is 0 Å². The maximum absolute atomic E-state index is 13.2. The van der Waals surface area contributed by atoms with Crippen molar-refractivity contribution in [3.63, 3.8) is 0 Å². The van der Waals surface area contributed by atoms with Gasteiger partial charge in [-0.1, -0.05) is 36.4 Å². The van der Waals surface area contributed by atoms with Crippen LogP contribution < -0.4 is 5.32 Å². The maximum atomic E-state index is 13.2. The van der Waals surface area contributed by atoms with E-state index >= 15 is 0 Å². The summed E-state index contributed by atoms with van der Waals surface area (Å²) in [6, 6.07) is 17.1. The Kier molecular flexibility index (Phi) is 5.80. The zero-order chi connectivity index (χ0) is 22.9. The number of benzene rings is 3. The van der Waals surface area contributed by atoms with Crippen molar-refractivity contribution in [3.8, 4) is 0 Å². The third kappa shape index (κ3) is 4.86. The molecule has 0 radical (unpaired) electrons. The number of amides is 1. The Morgan fingerprint density at radius 2 is 1.88 bits per heavy atom. The van der Waals surface area contributed by atoms with E-state index in [2.05, 4.69) is 10.4 Å². The first kappa shape index (κ1) is 21.7. The van der Waals surface area contributed by atoms with Crippen molar-refractivity contribution in [2.24, 2.45) is 0 Å². The number of aryl methyl sites for hydroxylation is 1. The first-order valence-electron chi connectivity index (χ1n) is 10.0. The minimum Gasteiger partial charge on any atom is -0.326 e. The number of hydrogen-bond donors (Lipinski definition) is 2. The highest BCUT2D eigenvalue weighted by Gasteiger charge is 2.16. The second-order valence-electron chi connectivity index (χ2n) is 7.86. The number of hydrogen-bond acceptors (Lipinski definition) is 4. The summed E-state index contributed by atoms with van der Waals surface area (Å²) >= 11 is 0. The molecule has 0 spiro atoms. The molecule has 1 heterocycles. The first-order chi connectivity index (χ1) is 15.2. The van der Waals surface area contributed by atoms with Gasteiger partial charge in [-0.25, -0.2) is 13.4 Å². The molecule has 0 bridgehead atoms. The highest BCUT2D eigenvalue weighted by molar-refractivity contribution is 7.92. The van der Waals surface area contributed by atoms with Crippen molar-refractivity contribution < 1.29 is 13.4 Å². The standard InChI is InChI=1S/C24H23FN4O2S/c1-16-5-3-4-6-18(16)11-24(30)27-20-12-22-21(23(13-20)32(2,26)31)15-29(28-22)14-17-7-9-19(25)10-8-17/h3-10,12-13,15,26H,11,14H2,1-2H3,(H,27,30)/t32-/m1/s1. The molecule has 3 aromatic carbocycles. The van der Waals surface area contributed by atoms with E-state index < -0.39 is 9.73 Å². The lowest BCUT2D eigenvalue weighted by molar-refractivity contribution is -0.115. The maximum Gasteiger partial charge on any atom is 0.228 e. The van der Waals surface area contributed by atoms with Gasteiger partial charge in [-0.15, -0.1) is 0 Å². The zero-order valence-electron chi connectivity index (χ0n) is 17.8. The smallest absolute Gasteiger partial charge is 0.228 e. The van der Waals surface area contributed by atoms with Crippen LogP contribution in [0.25, 0.3) is 10.9 Å². The Hall–Kier alpha value is -3.52. The van der Waals surface area contributed by atoms with Gasteiger partial charge in [0.2, 0.25) is 5.91 Å². The van der Waals surface area contributed by atoms with Crippen LogP contribution in [0.3, 0.4) is 0 Å². The lowest BCUT2D eigenvalue weighted by Crippen LogP contribution is -2.15. The SMILES string of the molecule is Cc1ccccc1CC(=O)Nc1cc([S@](C)(=N)=O)c2cn(Cc3ccc(F)cc3)nc2c1. The molecule has 164 valence electrons. The molecule has 0 fully saturated rings. The molecule has 0 unspecified atom stereocenters. The predicted molar refractivity (Wildman–Crippen MR) is 124 cm³/mol. The van der Waals surface area contributed by atoms with Crippen LogP contribution in [0.4, 0.5) is 10.1 Å². The van der Waals surface area contributed by atoms with Gasteiger partial charge in [0.15, 0.2) is 0 Å². The Bertz CT molecular complexity index is 1410. The molecule has 0 aliphatic carbocycles. The number of fused-ring (bicyclic) bond motifs is 1. The summed E-state index contributed by atoms with van der Waals surface area (Å²) < 4.78 is 35.6. The number of carbonyl (C=O) groups excluding carboxylic acids is 1. The van der Waals surface area contributed by atoms with Crippen molar-refractivity contribution in [1.82, 2.24) is 9.78 Å². The molecular weight excluding hydrogens is 427 g/mol. The van der Waals surface area contributed by atoms with Gasteiger partial charge in [-0.05, 0) is 47.9 Å². The minimum atomic E-state index is -3.07. The average Bonchev–Trinajstić information content (AvgIpc) is 3.12. The van der Waals surface area contributed by atoms with Crippen LogP contribution in [0.15, 0.2) is 71.8 Å². The van der Waals surface area contributed by atoms with Gasteiger partial charge in [-0.2, -0.15) is 5.10 Å². The molecule has 8 heteroatoms. The minimum absolute atomic E-state index is 0.206. The summed E-state index contributed by atoms with van der Waals surface area (Å²) in [6.45, 7) is 2.35. The monoisotopic (exact) mass is 450 g/mol. The summed E-state index contributed by atoms with van der Waals surface area (Å²) in [4.78, 5) is 12.9. The van der Waals surface area contributed by atoms with E-state index in [0.717, 1.165) is 16.7 Å². The number of carbonyl (C=O) groups is 1. The van der Waals surface area contributed by atoms with Crippen LogP contribution in [0, 0.1) is 17.5 Å². The van der Waals surface area contributed by atoms with E-state index in [-0.39, 0.29) is 18.1 Å². The van der Waals surface area contributed by atoms with Crippen LogP contribution in [0.2, 0.25) is 0 Å². The molecule has 1 amide bonds. The molecule has 2 N–H and O–H groups in total. The van der Waals surface area contributed by atoms with Crippen molar-refractivity contribution in [2.75, 3.05) is 11.6 Å². The van der Waals surface area contributed by atoms with Gasteiger partial charge >= 0.3 is 0 Å². The van der Waals surface area contributed by atoms with Crippen molar-refractivity contribution >= 4 is 32.2 Å². The first-order valence-corrected chi connectivity index (χ1v) is 12.0. The zero-order valence-corrected chi connectivity index (χ0v) is 18.6. The molecule has 4 aromatic rings. The van der Waals surface area contributed by atoms with Crippen LogP contribution in [-0.2, 0) is 27.5 Å². The molecular formula is C24H23FN4O2S. The molecule has 6 nitrogen and oxygen atoms in total. The van der Waals surface area contributed by atoms with E-state index in [9.17, 15) is 13.4 Å². The number of nitrogens with zero attached hydrogens (tertiary/aromatic N) is 2. The predicted octanol–water partition coefficient (Wildman–Crippen LogP) is 4.75. The average molecular weight is 451 g/mol. The van der Waals surface area contributed by atoms with Crippen molar-refractivity contribution in [2.45, 2.75) is 24.8 Å². The van der Waals surface area contributed by atoms with Gasteiger partial charge in [0, 0.05) is 23.5 Å². The quantitative estimate of drug-likeness (QED) is 0.444. The molecule has 0 saturated heterocycles. The largest absolute Gasteiger partial charge is 0.326 e. The Morgan fingerprint density at radius 3 is 2.56 bits per heavy atom. The molecule has 0 aliphatic rings. The van der Waals surface area contributed by atoms with E-state index in [1.54, 1.807) is 35.1 Å². The number of halogens is 1. The van der Waals surface area contributed by atoms with E-state index in [1.165, 1.54) is 18.4 Å². The van der Waals surface area contributed by atoms with Gasteiger partial charge in [0.1, 0.15) is 5.82 Å². The molecule has 0 saturated carbocycles. The number of rotatable bonds is 6. The lowest BCUT2D eigenvalue weighted by Gasteiger charge is -2.10. The summed E-state index contributed by atoms with van der Waals surface area (Å²) in [5.74, 6) is -0.518. The highest BCUT2D eigenvalue weighted by atomic mass is 32.2.